The van der Waals surface area contributed by atoms with E-state index in [0.29, 0.717) is 24.7 Å². The molecule has 0 atom stereocenters. The second-order valence-electron chi connectivity index (χ2n) is 4.73. The predicted octanol–water partition coefficient (Wildman–Crippen LogP) is 1.46. The first kappa shape index (κ1) is 11.9. The molecule has 0 saturated heterocycles. The smallest absolute Gasteiger partial charge is 0.241 e. The molecule has 0 aromatic heterocycles. The molecule has 1 saturated carbocycles. The van der Waals surface area contributed by atoms with Crippen molar-refractivity contribution in [3.05, 3.63) is 30.3 Å². The minimum Gasteiger partial charge on any atom is -0.486 e. The van der Waals surface area contributed by atoms with Gasteiger partial charge in [0.1, 0.15) is 13.2 Å². The zero-order valence-corrected chi connectivity index (χ0v) is 10.6. The van der Waals surface area contributed by atoms with Gasteiger partial charge in [0.2, 0.25) is 5.91 Å². The number of fused-ring (bicyclic) bond motifs is 1. The van der Waals surface area contributed by atoms with Gasteiger partial charge in [-0.2, -0.15) is 0 Å². The van der Waals surface area contributed by atoms with Crippen molar-refractivity contribution in [2.75, 3.05) is 13.2 Å². The van der Waals surface area contributed by atoms with Crippen LogP contribution in [0.5, 0.6) is 11.5 Å². The van der Waals surface area contributed by atoms with E-state index in [2.05, 4.69) is 17.4 Å². The van der Waals surface area contributed by atoms with Crippen molar-refractivity contribution in [1.82, 2.24) is 10.9 Å². The van der Waals surface area contributed by atoms with Crippen molar-refractivity contribution in [2.24, 2.45) is 5.92 Å². The maximum absolute atomic E-state index is 11.5. The Morgan fingerprint density at radius 2 is 1.89 bits per heavy atom. The molecule has 0 bridgehead atoms. The fraction of sp³-hybridized carbons (Fsp3) is 0.357. The van der Waals surface area contributed by atoms with Crippen LogP contribution >= 0.6 is 0 Å². The van der Waals surface area contributed by atoms with Crippen LogP contribution in [0.1, 0.15) is 18.4 Å². The van der Waals surface area contributed by atoms with E-state index in [4.69, 9.17) is 9.47 Å². The van der Waals surface area contributed by atoms with Gasteiger partial charge in [-0.05, 0) is 31.0 Å². The fourth-order valence-corrected chi connectivity index (χ4v) is 1.89. The molecule has 1 aliphatic heterocycles. The topological polar surface area (TPSA) is 59.6 Å². The Morgan fingerprint density at radius 1 is 1.16 bits per heavy atom. The molecule has 3 rings (SSSR count). The van der Waals surface area contributed by atoms with Crippen molar-refractivity contribution in [1.29, 1.82) is 0 Å². The largest absolute Gasteiger partial charge is 0.486 e. The van der Waals surface area contributed by atoms with Crippen molar-refractivity contribution < 1.29 is 14.3 Å². The van der Waals surface area contributed by atoms with Gasteiger partial charge < -0.3 is 9.47 Å². The lowest BCUT2D eigenvalue weighted by atomic mass is 10.1. The minimum atomic E-state index is 0.0266. The molecule has 100 valence electrons. The second-order valence-corrected chi connectivity index (χ2v) is 4.73. The SMILES string of the molecule is C=C(NNC(=O)C1CC1)c1ccc2c(c1)OCCO2. The van der Waals surface area contributed by atoms with Gasteiger partial charge in [0.25, 0.3) is 0 Å². The van der Waals surface area contributed by atoms with Gasteiger partial charge in [-0.25, -0.2) is 0 Å². The van der Waals surface area contributed by atoms with E-state index >= 15 is 0 Å². The summed E-state index contributed by atoms with van der Waals surface area (Å²) < 4.78 is 11.0. The number of rotatable bonds is 4. The lowest BCUT2D eigenvalue weighted by Gasteiger charge is -2.19. The molecule has 0 unspecified atom stereocenters. The van der Waals surface area contributed by atoms with E-state index in [1.165, 1.54) is 0 Å². The van der Waals surface area contributed by atoms with Gasteiger partial charge in [-0.1, -0.05) is 6.58 Å². The van der Waals surface area contributed by atoms with Gasteiger partial charge in [-0.3, -0.25) is 15.6 Å². The molecule has 19 heavy (non-hydrogen) atoms. The number of carbonyl (C=O) groups excluding carboxylic acids is 1. The summed E-state index contributed by atoms with van der Waals surface area (Å²) in [4.78, 5) is 11.5. The summed E-state index contributed by atoms with van der Waals surface area (Å²) in [6.07, 6.45) is 1.95. The third-order valence-electron chi connectivity index (χ3n) is 3.18. The standard InChI is InChI=1S/C14H16N2O3/c1-9(15-16-14(17)10-2-3-10)11-4-5-12-13(8-11)19-7-6-18-12/h4-5,8,10,15H,1-3,6-7H2,(H,16,17). The molecule has 0 radical (unpaired) electrons. The van der Waals surface area contributed by atoms with Crippen molar-refractivity contribution in [3.8, 4) is 11.5 Å². The number of nitrogens with one attached hydrogen (secondary N) is 2. The third-order valence-corrected chi connectivity index (χ3v) is 3.18. The molecule has 5 nitrogen and oxygen atoms in total. The van der Waals surface area contributed by atoms with Gasteiger partial charge in [-0.15, -0.1) is 0 Å². The summed E-state index contributed by atoms with van der Waals surface area (Å²) in [6, 6.07) is 5.58. The number of ether oxygens (including phenoxy) is 2. The van der Waals surface area contributed by atoms with Crippen LogP contribution in [0.3, 0.4) is 0 Å². The normalized spacial score (nSPS) is 16.6. The Hall–Kier alpha value is -2.17. The summed E-state index contributed by atoms with van der Waals surface area (Å²) in [7, 11) is 0. The molecular weight excluding hydrogens is 244 g/mol. The number of hydrazine groups is 1. The van der Waals surface area contributed by atoms with Gasteiger partial charge in [0.15, 0.2) is 11.5 Å². The van der Waals surface area contributed by atoms with Crippen LogP contribution in [0.15, 0.2) is 24.8 Å². The summed E-state index contributed by atoms with van der Waals surface area (Å²) in [5.41, 5.74) is 6.99. The van der Waals surface area contributed by atoms with E-state index in [-0.39, 0.29) is 11.8 Å². The minimum absolute atomic E-state index is 0.0266. The first-order valence-electron chi connectivity index (χ1n) is 6.39. The van der Waals surface area contributed by atoms with E-state index in [0.717, 1.165) is 24.2 Å². The van der Waals surface area contributed by atoms with E-state index in [1.54, 1.807) is 0 Å². The highest BCUT2D eigenvalue weighted by molar-refractivity contribution is 5.81. The van der Waals surface area contributed by atoms with Crippen LogP contribution in [-0.2, 0) is 4.79 Å². The monoisotopic (exact) mass is 260 g/mol. The van der Waals surface area contributed by atoms with Crippen LogP contribution in [0.2, 0.25) is 0 Å². The van der Waals surface area contributed by atoms with Crippen LogP contribution in [0.25, 0.3) is 5.70 Å². The van der Waals surface area contributed by atoms with Crippen LogP contribution in [0.4, 0.5) is 0 Å². The number of benzene rings is 1. The third kappa shape index (κ3) is 2.65. The summed E-state index contributed by atoms with van der Waals surface area (Å²) in [5.74, 6) is 1.64. The lowest BCUT2D eigenvalue weighted by Crippen LogP contribution is -2.36. The average molecular weight is 260 g/mol. The number of hydrogen-bond acceptors (Lipinski definition) is 4. The molecule has 1 fully saturated rings. The van der Waals surface area contributed by atoms with Gasteiger partial charge in [0, 0.05) is 11.5 Å². The van der Waals surface area contributed by atoms with Gasteiger partial charge >= 0.3 is 0 Å². The van der Waals surface area contributed by atoms with Crippen LogP contribution < -0.4 is 20.3 Å². The van der Waals surface area contributed by atoms with Crippen molar-refractivity contribution in [3.63, 3.8) is 0 Å². The molecule has 5 heteroatoms. The van der Waals surface area contributed by atoms with Crippen molar-refractivity contribution in [2.45, 2.75) is 12.8 Å². The Kier molecular flexibility index (Phi) is 3.03. The Labute approximate surface area is 111 Å². The molecule has 2 N–H and O–H groups in total. The number of carbonyl (C=O) groups is 1. The average Bonchev–Trinajstić information content (AvgIpc) is 3.28. The summed E-state index contributed by atoms with van der Waals surface area (Å²) in [6.45, 7) is 5.03. The van der Waals surface area contributed by atoms with E-state index < -0.39 is 0 Å². The first-order chi connectivity index (χ1) is 9.24. The highest BCUT2D eigenvalue weighted by Crippen LogP contribution is 2.32. The second kappa shape index (κ2) is 4.84. The summed E-state index contributed by atoms with van der Waals surface area (Å²) in [5, 5.41) is 0. The highest BCUT2D eigenvalue weighted by Gasteiger charge is 2.29. The van der Waals surface area contributed by atoms with Crippen LogP contribution in [-0.4, -0.2) is 19.1 Å². The summed E-state index contributed by atoms with van der Waals surface area (Å²) >= 11 is 0. The zero-order valence-electron chi connectivity index (χ0n) is 10.6. The number of hydrogen-bond donors (Lipinski definition) is 2. The van der Waals surface area contributed by atoms with E-state index in [1.807, 2.05) is 18.2 Å². The molecule has 1 aliphatic carbocycles. The van der Waals surface area contributed by atoms with Crippen molar-refractivity contribution >= 4 is 11.6 Å². The molecule has 1 amide bonds. The van der Waals surface area contributed by atoms with E-state index in [9.17, 15) is 4.79 Å². The number of amides is 1. The van der Waals surface area contributed by atoms with Gasteiger partial charge in [0.05, 0.1) is 5.70 Å². The molecular formula is C14H16N2O3. The molecule has 2 aliphatic rings. The quantitative estimate of drug-likeness (QED) is 0.805. The highest BCUT2D eigenvalue weighted by atomic mass is 16.6. The molecule has 1 heterocycles. The maximum Gasteiger partial charge on any atom is 0.241 e. The zero-order chi connectivity index (χ0) is 13.2. The first-order valence-corrected chi connectivity index (χ1v) is 6.39. The van der Waals surface area contributed by atoms with Crippen LogP contribution in [0, 0.1) is 5.92 Å². The Balaban J connectivity index is 1.64. The fourth-order valence-electron chi connectivity index (χ4n) is 1.89. The molecule has 1 aromatic rings. The Bertz CT molecular complexity index is 523. The lowest BCUT2D eigenvalue weighted by molar-refractivity contribution is -0.122. The molecule has 1 aromatic carbocycles. The Morgan fingerprint density at radius 3 is 2.63 bits per heavy atom. The molecule has 0 spiro atoms. The maximum atomic E-state index is 11.5. The predicted molar refractivity (Wildman–Crippen MR) is 70.5 cm³/mol.